The van der Waals surface area contributed by atoms with Gasteiger partial charge < -0.3 is 10.6 Å². The van der Waals surface area contributed by atoms with Crippen molar-refractivity contribution in [3.05, 3.63) is 47.5 Å². The van der Waals surface area contributed by atoms with Crippen LogP contribution in [0.25, 0.3) is 10.2 Å². The zero-order chi connectivity index (χ0) is 18.6. The van der Waals surface area contributed by atoms with Crippen molar-refractivity contribution < 1.29 is 4.39 Å². The zero-order valence-corrected chi connectivity index (χ0v) is 15.9. The van der Waals surface area contributed by atoms with Crippen LogP contribution in [0.15, 0.2) is 36.7 Å². The van der Waals surface area contributed by atoms with Crippen molar-refractivity contribution in [2.45, 2.75) is 18.9 Å². The summed E-state index contributed by atoms with van der Waals surface area (Å²) in [4.78, 5) is 17.3. The molecule has 3 aromatic rings. The number of nitrogens with zero attached hydrogens (tertiary/aromatic N) is 5. The van der Waals surface area contributed by atoms with E-state index in [0.717, 1.165) is 56.1 Å². The molecule has 1 aromatic carbocycles. The lowest BCUT2D eigenvalue weighted by Gasteiger charge is -2.34. The van der Waals surface area contributed by atoms with Gasteiger partial charge in [-0.05, 0) is 31.5 Å². The number of aromatic nitrogens is 3. The molecule has 1 unspecified atom stereocenters. The van der Waals surface area contributed by atoms with Crippen LogP contribution in [0.2, 0.25) is 0 Å². The van der Waals surface area contributed by atoms with Crippen LogP contribution in [0.1, 0.15) is 23.9 Å². The number of halogens is 1. The minimum atomic E-state index is -0.401. The molecule has 0 aliphatic carbocycles. The molecule has 1 saturated heterocycles. The van der Waals surface area contributed by atoms with Gasteiger partial charge in [-0.2, -0.15) is 0 Å². The van der Waals surface area contributed by atoms with Gasteiger partial charge in [0, 0.05) is 26.2 Å². The number of benzene rings is 1. The van der Waals surface area contributed by atoms with Gasteiger partial charge in [-0.15, -0.1) is 11.3 Å². The zero-order valence-electron chi connectivity index (χ0n) is 15.1. The van der Waals surface area contributed by atoms with E-state index in [-0.39, 0.29) is 6.04 Å². The molecule has 0 radical (unpaired) electrons. The number of anilines is 1. The lowest BCUT2D eigenvalue weighted by molar-refractivity contribution is 0.249. The minimum Gasteiger partial charge on any atom is -0.338 e. The highest BCUT2D eigenvalue weighted by molar-refractivity contribution is 7.18. The predicted octanol–water partition coefficient (Wildman–Crippen LogP) is 2.83. The first-order valence-corrected chi connectivity index (χ1v) is 10.1. The average Bonchev–Trinajstić information content (AvgIpc) is 3.14. The van der Waals surface area contributed by atoms with Crippen molar-refractivity contribution in [3.8, 4) is 0 Å². The third kappa shape index (κ3) is 4.40. The summed E-state index contributed by atoms with van der Waals surface area (Å²) in [5, 5.41) is 1.02. The first-order valence-electron chi connectivity index (χ1n) is 9.25. The largest absolute Gasteiger partial charge is 0.338 e. The summed E-state index contributed by atoms with van der Waals surface area (Å²) in [6.07, 6.45) is 4.42. The predicted molar refractivity (Wildman–Crippen MR) is 106 cm³/mol. The third-order valence-electron chi connectivity index (χ3n) is 4.88. The van der Waals surface area contributed by atoms with E-state index in [0.29, 0.717) is 5.95 Å². The molecule has 8 heteroatoms. The van der Waals surface area contributed by atoms with E-state index in [4.69, 9.17) is 5.73 Å². The summed E-state index contributed by atoms with van der Waals surface area (Å²) < 4.78 is 14.1. The molecule has 0 amide bonds. The quantitative estimate of drug-likeness (QED) is 0.702. The molecule has 0 spiro atoms. The van der Waals surface area contributed by atoms with Crippen LogP contribution in [-0.2, 0) is 0 Å². The van der Waals surface area contributed by atoms with Crippen molar-refractivity contribution in [2.24, 2.45) is 5.73 Å². The Morgan fingerprint density at radius 3 is 2.59 bits per heavy atom. The second-order valence-electron chi connectivity index (χ2n) is 6.80. The number of rotatable bonds is 6. The summed E-state index contributed by atoms with van der Waals surface area (Å²) in [6.45, 7) is 4.65. The molecule has 1 atom stereocenters. The fraction of sp³-hybridized carbons (Fsp3) is 0.421. The van der Waals surface area contributed by atoms with Gasteiger partial charge in [0.1, 0.15) is 5.01 Å². The highest BCUT2D eigenvalue weighted by Crippen LogP contribution is 2.27. The molecular weight excluding hydrogens is 363 g/mol. The maximum atomic E-state index is 12.9. The molecular formula is C19H23FN6S. The Balaban J connectivity index is 1.22. The molecule has 27 heavy (non-hydrogen) atoms. The highest BCUT2D eigenvalue weighted by atomic mass is 32.1. The van der Waals surface area contributed by atoms with Gasteiger partial charge in [0.05, 0.1) is 28.7 Å². The lowest BCUT2D eigenvalue weighted by Crippen LogP contribution is -2.47. The van der Waals surface area contributed by atoms with Crippen molar-refractivity contribution in [3.63, 3.8) is 0 Å². The summed E-state index contributed by atoms with van der Waals surface area (Å²) in [7, 11) is 0. The number of hydrogen-bond donors (Lipinski definition) is 1. The Labute approximate surface area is 161 Å². The summed E-state index contributed by atoms with van der Waals surface area (Å²) in [5.41, 5.74) is 7.39. The van der Waals surface area contributed by atoms with Gasteiger partial charge in [-0.3, -0.25) is 4.90 Å². The van der Waals surface area contributed by atoms with Crippen LogP contribution >= 0.6 is 11.3 Å². The fourth-order valence-electron chi connectivity index (χ4n) is 3.35. The number of thiazole rings is 1. The Hall–Kier alpha value is -2.16. The van der Waals surface area contributed by atoms with Gasteiger partial charge in [0.15, 0.2) is 5.82 Å². The number of nitrogens with two attached hydrogens (primary N) is 1. The highest BCUT2D eigenvalue weighted by Gasteiger charge is 2.19. The number of piperazine rings is 1. The summed E-state index contributed by atoms with van der Waals surface area (Å²) in [6, 6.07) is 8.16. The topological polar surface area (TPSA) is 71.2 Å². The molecule has 1 aliphatic heterocycles. The molecule has 2 N–H and O–H groups in total. The molecule has 2 aromatic heterocycles. The maximum Gasteiger partial charge on any atom is 0.225 e. The SMILES string of the molecule is NC(CCCN1CCN(c2ncc(F)cn2)CC1)c1nc2ccccc2s1. The second-order valence-corrected chi connectivity index (χ2v) is 7.86. The van der Waals surface area contributed by atoms with Crippen LogP contribution in [0.3, 0.4) is 0 Å². The second kappa shape index (κ2) is 8.24. The van der Waals surface area contributed by atoms with Crippen molar-refractivity contribution >= 4 is 27.5 Å². The Morgan fingerprint density at radius 1 is 1.11 bits per heavy atom. The molecule has 6 nitrogen and oxygen atoms in total. The Bertz CT molecular complexity index is 842. The summed E-state index contributed by atoms with van der Waals surface area (Å²) >= 11 is 1.69. The van der Waals surface area contributed by atoms with Gasteiger partial charge in [0.25, 0.3) is 0 Å². The smallest absolute Gasteiger partial charge is 0.225 e. The minimum absolute atomic E-state index is 0.00342. The van der Waals surface area contributed by atoms with Gasteiger partial charge >= 0.3 is 0 Å². The molecule has 0 saturated carbocycles. The first kappa shape index (κ1) is 18.2. The normalized spacial score (nSPS) is 16.7. The van der Waals surface area contributed by atoms with E-state index >= 15 is 0 Å². The number of para-hydroxylation sites is 1. The molecule has 0 bridgehead atoms. The van der Waals surface area contributed by atoms with Gasteiger partial charge in [-0.1, -0.05) is 12.1 Å². The number of fused-ring (bicyclic) bond motifs is 1. The van der Waals surface area contributed by atoms with E-state index in [2.05, 4.69) is 30.8 Å². The van der Waals surface area contributed by atoms with Gasteiger partial charge in [0.2, 0.25) is 5.95 Å². The molecule has 142 valence electrons. The molecule has 1 fully saturated rings. The lowest BCUT2D eigenvalue weighted by atomic mass is 10.1. The fourth-order valence-corrected chi connectivity index (χ4v) is 4.35. The van der Waals surface area contributed by atoms with Crippen molar-refractivity contribution in [1.82, 2.24) is 19.9 Å². The monoisotopic (exact) mass is 386 g/mol. The Morgan fingerprint density at radius 2 is 1.85 bits per heavy atom. The summed E-state index contributed by atoms with van der Waals surface area (Å²) in [5.74, 6) is 0.204. The third-order valence-corrected chi connectivity index (χ3v) is 6.05. The van der Waals surface area contributed by atoms with E-state index in [1.165, 1.54) is 17.1 Å². The maximum absolute atomic E-state index is 12.9. The first-order chi connectivity index (χ1) is 13.2. The average molecular weight is 387 g/mol. The van der Waals surface area contributed by atoms with E-state index in [9.17, 15) is 4.39 Å². The van der Waals surface area contributed by atoms with Gasteiger partial charge in [-0.25, -0.2) is 19.3 Å². The molecule has 4 rings (SSSR count). The van der Waals surface area contributed by atoms with Crippen LogP contribution in [0, 0.1) is 5.82 Å². The molecule has 1 aliphatic rings. The van der Waals surface area contributed by atoms with Crippen LogP contribution in [-0.4, -0.2) is 52.6 Å². The Kier molecular flexibility index (Phi) is 5.56. The molecule has 3 heterocycles. The number of hydrogen-bond acceptors (Lipinski definition) is 7. The standard InChI is InChI=1S/C19H23FN6S/c20-14-12-22-19(23-13-14)26-10-8-25(9-11-26)7-3-4-15(21)18-24-16-5-1-2-6-17(16)27-18/h1-2,5-6,12-13,15H,3-4,7-11,21H2. The van der Waals surface area contributed by atoms with Crippen LogP contribution < -0.4 is 10.6 Å². The van der Waals surface area contributed by atoms with Crippen molar-refractivity contribution in [2.75, 3.05) is 37.6 Å². The van der Waals surface area contributed by atoms with E-state index < -0.39 is 5.82 Å². The van der Waals surface area contributed by atoms with E-state index in [1.54, 1.807) is 11.3 Å². The van der Waals surface area contributed by atoms with Crippen LogP contribution in [0.4, 0.5) is 10.3 Å². The van der Waals surface area contributed by atoms with E-state index in [1.807, 2.05) is 18.2 Å². The van der Waals surface area contributed by atoms with Crippen LogP contribution in [0.5, 0.6) is 0 Å². The van der Waals surface area contributed by atoms with Crippen molar-refractivity contribution in [1.29, 1.82) is 0 Å².